The molecule has 0 saturated heterocycles. The van der Waals surface area contributed by atoms with Crippen LogP contribution in [0.1, 0.15) is 77.0 Å². The second-order valence-electron chi connectivity index (χ2n) is 15.9. The van der Waals surface area contributed by atoms with Crippen molar-refractivity contribution in [2.24, 2.45) is 0 Å². The van der Waals surface area contributed by atoms with Crippen molar-refractivity contribution in [3.8, 4) is 22.3 Å². The van der Waals surface area contributed by atoms with E-state index in [1.54, 1.807) is 0 Å². The highest BCUT2D eigenvalue weighted by molar-refractivity contribution is 6.13. The van der Waals surface area contributed by atoms with Gasteiger partial charge in [-0.15, -0.1) is 0 Å². The van der Waals surface area contributed by atoms with E-state index < -0.39 is 0 Å². The fourth-order valence-corrected chi connectivity index (χ4v) is 8.22. The minimum absolute atomic E-state index is 0.110. The summed E-state index contributed by atoms with van der Waals surface area (Å²) in [5.74, 6) is 0.366. The molecule has 0 fully saturated rings. The van der Waals surface area contributed by atoms with Gasteiger partial charge in [-0.05, 0) is 126 Å². The summed E-state index contributed by atoms with van der Waals surface area (Å²) in [6.07, 6.45) is 2.40. The van der Waals surface area contributed by atoms with Crippen LogP contribution in [0.15, 0.2) is 146 Å². The van der Waals surface area contributed by atoms with Crippen LogP contribution in [0.3, 0.4) is 0 Å². The summed E-state index contributed by atoms with van der Waals surface area (Å²) in [5, 5.41) is 5.15. The Hall–Kier alpha value is -5.14. The van der Waals surface area contributed by atoms with Crippen molar-refractivity contribution in [2.75, 3.05) is 4.90 Å². The number of hydrogen-bond donors (Lipinski definition) is 0. The zero-order valence-corrected chi connectivity index (χ0v) is 30.3. The van der Waals surface area contributed by atoms with E-state index in [4.69, 9.17) is 0 Å². The monoisotopic (exact) mass is 649 g/mol. The lowest BCUT2D eigenvalue weighted by Crippen LogP contribution is -2.34. The summed E-state index contributed by atoms with van der Waals surface area (Å²) >= 11 is 0. The van der Waals surface area contributed by atoms with Gasteiger partial charge in [0.05, 0.1) is 0 Å². The third-order valence-corrected chi connectivity index (χ3v) is 11.3. The molecular weight excluding hydrogens is 603 g/mol. The Kier molecular flexibility index (Phi) is 7.91. The highest BCUT2D eigenvalue weighted by atomic mass is 15.1. The molecule has 50 heavy (non-hydrogen) atoms. The van der Waals surface area contributed by atoms with E-state index in [0.717, 1.165) is 0 Å². The Morgan fingerprint density at radius 2 is 0.980 bits per heavy atom. The first-order chi connectivity index (χ1) is 24.1. The van der Waals surface area contributed by atoms with Crippen LogP contribution in [0.25, 0.3) is 43.8 Å². The summed E-state index contributed by atoms with van der Waals surface area (Å²) in [5.41, 5.74) is 13.2. The normalized spacial score (nSPS) is 14.9. The van der Waals surface area contributed by atoms with E-state index in [1.807, 2.05) is 0 Å². The van der Waals surface area contributed by atoms with Gasteiger partial charge in [0, 0.05) is 17.1 Å². The fraction of sp³-hybridized carbons (Fsp3) is 0.224. The van der Waals surface area contributed by atoms with Crippen LogP contribution in [-0.2, 0) is 10.8 Å². The minimum atomic E-state index is 0.110. The van der Waals surface area contributed by atoms with Crippen molar-refractivity contribution in [2.45, 2.75) is 71.1 Å². The molecule has 0 heterocycles. The predicted molar refractivity (Wildman–Crippen MR) is 216 cm³/mol. The van der Waals surface area contributed by atoms with Crippen LogP contribution < -0.4 is 4.90 Å². The Morgan fingerprint density at radius 3 is 1.60 bits per heavy atom. The molecule has 7 aromatic rings. The van der Waals surface area contributed by atoms with Crippen molar-refractivity contribution in [3.05, 3.63) is 162 Å². The number of benzene rings is 7. The van der Waals surface area contributed by atoms with Gasteiger partial charge in [0.2, 0.25) is 0 Å². The lowest BCUT2D eigenvalue weighted by Gasteiger charge is -2.43. The average molecular weight is 650 g/mol. The van der Waals surface area contributed by atoms with E-state index in [0.29, 0.717) is 5.92 Å². The molecule has 0 aromatic heterocycles. The van der Waals surface area contributed by atoms with Gasteiger partial charge >= 0.3 is 0 Å². The van der Waals surface area contributed by atoms with Gasteiger partial charge in [0.15, 0.2) is 0 Å². The van der Waals surface area contributed by atoms with E-state index in [-0.39, 0.29) is 10.8 Å². The summed E-state index contributed by atoms with van der Waals surface area (Å²) in [6, 6.07) is 54.1. The second kappa shape index (κ2) is 12.3. The average Bonchev–Trinajstić information content (AvgIpc) is 3.14. The highest BCUT2D eigenvalue weighted by Crippen LogP contribution is 2.51. The Morgan fingerprint density at radius 1 is 0.480 bits per heavy atom. The van der Waals surface area contributed by atoms with Crippen LogP contribution in [0.5, 0.6) is 0 Å². The minimum Gasteiger partial charge on any atom is -0.310 e. The third-order valence-electron chi connectivity index (χ3n) is 11.3. The molecule has 1 aliphatic carbocycles. The molecule has 0 atom stereocenters. The molecule has 0 radical (unpaired) electrons. The van der Waals surface area contributed by atoms with Gasteiger partial charge in [-0.3, -0.25) is 0 Å². The molecule has 7 aromatic carbocycles. The smallest absolute Gasteiger partial charge is 0.0499 e. The summed E-state index contributed by atoms with van der Waals surface area (Å²) in [7, 11) is 0. The van der Waals surface area contributed by atoms with Crippen LogP contribution in [0.4, 0.5) is 17.1 Å². The van der Waals surface area contributed by atoms with Crippen molar-refractivity contribution in [1.82, 2.24) is 0 Å². The standard InChI is InChI=1S/C49H47N/c1-33(2)43-31-45-46(49(5,6)29-28-48(45,3)4)32-47(43)50(38-24-20-35(21-25-38)34-14-8-7-9-15-34)39-26-22-36(23-27-39)44-30-37-16-10-11-17-40(37)41-18-12-13-19-42(41)44/h7-27,30-33H,28-29H2,1-6H3. The highest BCUT2D eigenvalue weighted by Gasteiger charge is 2.38. The number of anilines is 3. The number of nitrogens with zero attached hydrogens (tertiary/aromatic N) is 1. The van der Waals surface area contributed by atoms with Crippen molar-refractivity contribution in [1.29, 1.82) is 0 Å². The first-order valence-corrected chi connectivity index (χ1v) is 18.3. The quantitative estimate of drug-likeness (QED) is 0.162. The van der Waals surface area contributed by atoms with E-state index in [1.165, 1.54) is 90.4 Å². The molecule has 1 nitrogen and oxygen atoms in total. The first-order valence-electron chi connectivity index (χ1n) is 18.3. The molecule has 0 amide bonds. The van der Waals surface area contributed by atoms with Crippen molar-refractivity contribution >= 4 is 38.6 Å². The topological polar surface area (TPSA) is 3.24 Å². The van der Waals surface area contributed by atoms with Gasteiger partial charge in [-0.2, -0.15) is 0 Å². The van der Waals surface area contributed by atoms with Crippen LogP contribution in [0.2, 0.25) is 0 Å². The van der Waals surface area contributed by atoms with Crippen molar-refractivity contribution in [3.63, 3.8) is 0 Å². The lowest BCUT2D eigenvalue weighted by atomic mass is 9.62. The lowest BCUT2D eigenvalue weighted by molar-refractivity contribution is 0.331. The Labute approximate surface area is 298 Å². The predicted octanol–water partition coefficient (Wildman–Crippen LogP) is 14.3. The van der Waals surface area contributed by atoms with Gasteiger partial charge < -0.3 is 4.90 Å². The van der Waals surface area contributed by atoms with Gasteiger partial charge in [-0.1, -0.05) is 151 Å². The maximum absolute atomic E-state index is 2.55. The summed E-state index contributed by atoms with van der Waals surface area (Å²) in [6.45, 7) is 14.4. The fourth-order valence-electron chi connectivity index (χ4n) is 8.22. The molecule has 0 aliphatic heterocycles. The van der Waals surface area contributed by atoms with E-state index in [2.05, 4.69) is 192 Å². The van der Waals surface area contributed by atoms with Crippen LogP contribution in [0, 0.1) is 0 Å². The third kappa shape index (κ3) is 5.59. The zero-order chi connectivity index (χ0) is 34.6. The van der Waals surface area contributed by atoms with Gasteiger partial charge in [0.25, 0.3) is 0 Å². The molecule has 0 saturated carbocycles. The molecule has 248 valence electrons. The molecular formula is C49H47N. The molecule has 0 unspecified atom stereocenters. The number of fused-ring (bicyclic) bond motifs is 4. The zero-order valence-electron chi connectivity index (χ0n) is 30.3. The molecule has 8 rings (SSSR count). The molecule has 0 bridgehead atoms. The number of rotatable bonds is 6. The van der Waals surface area contributed by atoms with Crippen LogP contribution in [-0.4, -0.2) is 0 Å². The molecule has 0 spiro atoms. The Bertz CT molecular complexity index is 2320. The second-order valence-corrected chi connectivity index (χ2v) is 15.9. The van der Waals surface area contributed by atoms with E-state index in [9.17, 15) is 0 Å². The van der Waals surface area contributed by atoms with Gasteiger partial charge in [0.1, 0.15) is 0 Å². The molecule has 0 N–H and O–H groups in total. The maximum atomic E-state index is 2.55. The maximum Gasteiger partial charge on any atom is 0.0499 e. The van der Waals surface area contributed by atoms with E-state index >= 15 is 0 Å². The molecule has 1 heteroatoms. The van der Waals surface area contributed by atoms with Crippen LogP contribution >= 0.6 is 0 Å². The number of hydrogen-bond acceptors (Lipinski definition) is 1. The largest absolute Gasteiger partial charge is 0.310 e. The van der Waals surface area contributed by atoms with Gasteiger partial charge in [-0.25, -0.2) is 0 Å². The summed E-state index contributed by atoms with van der Waals surface area (Å²) in [4.78, 5) is 2.50. The first kappa shape index (κ1) is 32.1. The Balaban J connectivity index is 1.31. The SMILES string of the molecule is CC(C)c1cc2c(cc1N(c1ccc(-c3ccccc3)cc1)c1ccc(-c3cc4ccccc4c4ccccc34)cc1)C(C)(C)CCC2(C)C. The van der Waals surface area contributed by atoms with Crippen molar-refractivity contribution < 1.29 is 0 Å². The summed E-state index contributed by atoms with van der Waals surface area (Å²) < 4.78 is 0. The molecule has 1 aliphatic rings.